The van der Waals surface area contributed by atoms with Gasteiger partial charge in [-0.15, -0.1) is 0 Å². The molecule has 4 rings (SSSR count). The molecule has 2 saturated heterocycles. The van der Waals surface area contributed by atoms with Gasteiger partial charge in [-0.05, 0) is 62.1 Å². The Kier molecular flexibility index (Phi) is 10.4. The summed E-state index contributed by atoms with van der Waals surface area (Å²) >= 11 is 0. The van der Waals surface area contributed by atoms with Gasteiger partial charge in [0.2, 0.25) is 11.8 Å². The molecule has 2 aliphatic heterocycles. The first-order valence-corrected chi connectivity index (χ1v) is 13.9. The Morgan fingerprint density at radius 1 is 1.05 bits per heavy atom. The molecule has 5 amide bonds. The van der Waals surface area contributed by atoms with Crippen LogP contribution in [0.25, 0.3) is 5.53 Å². The summed E-state index contributed by atoms with van der Waals surface area (Å²) in [5, 5.41) is 18.8. The molecule has 0 aliphatic carbocycles. The predicted octanol–water partition coefficient (Wildman–Crippen LogP) is 1.72. The zero-order valence-electron chi connectivity index (χ0n) is 23.5. The van der Waals surface area contributed by atoms with E-state index in [1.807, 2.05) is 18.2 Å². The third-order valence-electron chi connectivity index (χ3n) is 7.05. The number of carbonyl (C=O) groups is 6. The average molecular weight is 606 g/mol. The monoisotopic (exact) mass is 605 g/mol. The van der Waals surface area contributed by atoms with E-state index in [2.05, 4.69) is 20.7 Å². The number of ketones is 1. The van der Waals surface area contributed by atoms with E-state index in [0.29, 0.717) is 29.8 Å². The number of nitrogens with one attached hydrogen (secondary N) is 3. The Balaban J connectivity index is 1.44. The molecule has 230 valence electrons. The van der Waals surface area contributed by atoms with Crippen LogP contribution in [0.1, 0.15) is 38.5 Å². The van der Waals surface area contributed by atoms with Crippen LogP contribution in [0.4, 0.5) is 10.5 Å². The highest BCUT2D eigenvalue weighted by molar-refractivity contribution is 6.28. The molecule has 2 fully saturated rings. The predicted molar refractivity (Wildman–Crippen MR) is 153 cm³/mol. The summed E-state index contributed by atoms with van der Waals surface area (Å²) in [4.78, 5) is 78.8. The van der Waals surface area contributed by atoms with Crippen LogP contribution in [0.15, 0.2) is 54.6 Å². The number of ether oxygens (including phenoxy) is 1. The van der Waals surface area contributed by atoms with Crippen LogP contribution >= 0.6 is 0 Å². The SMILES string of the molecule is [N-]=[N+]=CC(=O)[C@H](CCC(=O)O)NC(=O)[C@@H]1CCCN2C(=O)CC[C@H](NC(=O)Nc3ccc(Oc4ccccc4)cc3)C(=O)N12. The van der Waals surface area contributed by atoms with Gasteiger partial charge in [0.25, 0.3) is 11.7 Å². The minimum absolute atomic E-state index is 0.0109. The number of amides is 5. The number of benzene rings is 2. The van der Waals surface area contributed by atoms with E-state index in [0.717, 1.165) is 5.01 Å². The van der Waals surface area contributed by atoms with Crippen LogP contribution in [0.3, 0.4) is 0 Å². The molecule has 0 aromatic heterocycles. The van der Waals surface area contributed by atoms with Gasteiger partial charge in [0.1, 0.15) is 23.6 Å². The van der Waals surface area contributed by atoms with Gasteiger partial charge in [0, 0.05) is 25.1 Å². The standard InChI is InChI=1S/C29H31N7O8/c30-31-17-24(37)21(13-15-26(39)40)33-27(41)23-7-4-16-35-25(38)14-12-22(28(42)36(23)35)34-29(43)32-18-8-10-20(11-9-18)44-19-5-2-1-3-6-19/h1-3,5-6,8-11,17,21-23H,4,7,12-16H2,(H,33,41)(H,39,40)(H2,32,34,43)/t21-,22-,23-/m0/s1. The molecule has 2 aliphatic rings. The van der Waals surface area contributed by atoms with Crippen molar-refractivity contribution >= 4 is 47.4 Å². The molecule has 0 radical (unpaired) electrons. The highest BCUT2D eigenvalue weighted by atomic mass is 16.5. The largest absolute Gasteiger partial charge is 0.481 e. The Labute approximate surface area is 251 Å². The minimum Gasteiger partial charge on any atom is -0.481 e. The van der Waals surface area contributed by atoms with Gasteiger partial charge in [-0.2, -0.15) is 4.79 Å². The lowest BCUT2D eigenvalue weighted by Crippen LogP contribution is -2.64. The number of rotatable bonds is 11. The van der Waals surface area contributed by atoms with Crippen LogP contribution in [0, 0.1) is 0 Å². The zero-order valence-corrected chi connectivity index (χ0v) is 23.5. The number of nitrogens with zero attached hydrogens (tertiary/aromatic N) is 4. The molecule has 4 N–H and O–H groups in total. The lowest BCUT2D eigenvalue weighted by Gasteiger charge is -2.43. The molecule has 0 spiro atoms. The summed E-state index contributed by atoms with van der Waals surface area (Å²) in [6, 6.07) is 11.3. The van der Waals surface area contributed by atoms with Crippen molar-refractivity contribution in [3.05, 3.63) is 60.1 Å². The van der Waals surface area contributed by atoms with Crippen molar-refractivity contribution in [2.75, 3.05) is 11.9 Å². The van der Waals surface area contributed by atoms with Crippen molar-refractivity contribution in [2.24, 2.45) is 0 Å². The van der Waals surface area contributed by atoms with E-state index in [-0.39, 0.29) is 32.2 Å². The van der Waals surface area contributed by atoms with Gasteiger partial charge in [-0.3, -0.25) is 29.0 Å². The van der Waals surface area contributed by atoms with Gasteiger partial charge >= 0.3 is 18.2 Å². The quantitative estimate of drug-likeness (QED) is 0.168. The highest BCUT2D eigenvalue weighted by Crippen LogP contribution is 2.26. The Morgan fingerprint density at radius 2 is 1.75 bits per heavy atom. The number of fused-ring (bicyclic) bond motifs is 1. The average Bonchev–Trinajstić information content (AvgIpc) is 3.12. The number of hydrazine groups is 1. The number of urea groups is 1. The van der Waals surface area contributed by atoms with E-state index in [9.17, 15) is 28.8 Å². The van der Waals surface area contributed by atoms with E-state index >= 15 is 0 Å². The van der Waals surface area contributed by atoms with E-state index in [4.69, 9.17) is 15.4 Å². The summed E-state index contributed by atoms with van der Waals surface area (Å²) in [5.74, 6) is -2.77. The van der Waals surface area contributed by atoms with E-state index in [1.165, 1.54) is 5.01 Å². The van der Waals surface area contributed by atoms with Gasteiger partial charge in [-0.1, -0.05) is 18.2 Å². The molecule has 0 unspecified atom stereocenters. The summed E-state index contributed by atoms with van der Waals surface area (Å²) in [6.07, 6.45) is 0.232. The zero-order chi connectivity index (χ0) is 31.6. The van der Waals surface area contributed by atoms with Crippen LogP contribution in [-0.4, -0.2) is 86.3 Å². The molecular formula is C29H31N7O8. The Bertz CT molecular complexity index is 1460. The normalized spacial score (nSPS) is 18.5. The third kappa shape index (κ3) is 8.04. The second-order valence-electron chi connectivity index (χ2n) is 10.1. The van der Waals surface area contributed by atoms with Gasteiger partial charge in [0.15, 0.2) is 0 Å². The number of hydrogen-bond donors (Lipinski definition) is 4. The number of carbonyl (C=O) groups excluding carboxylic acids is 5. The third-order valence-corrected chi connectivity index (χ3v) is 7.05. The van der Waals surface area contributed by atoms with E-state index < -0.39 is 60.1 Å². The van der Waals surface area contributed by atoms with Crippen LogP contribution in [-0.2, 0) is 24.0 Å². The second kappa shape index (κ2) is 14.6. The number of carboxylic acids is 1. The number of Topliss-reactive ketones (excluding diaryl/α,β-unsaturated/α-hetero) is 1. The molecule has 0 saturated carbocycles. The fourth-order valence-corrected chi connectivity index (χ4v) is 4.93. The number of hydrogen-bond acceptors (Lipinski definition) is 7. The Morgan fingerprint density at radius 3 is 2.43 bits per heavy atom. The van der Waals surface area contributed by atoms with Crippen LogP contribution in [0.5, 0.6) is 11.5 Å². The van der Waals surface area contributed by atoms with Crippen molar-refractivity contribution in [3.63, 3.8) is 0 Å². The molecule has 15 heteroatoms. The maximum Gasteiger partial charge on any atom is 0.325 e. The number of aliphatic carboxylic acids is 1. The van der Waals surface area contributed by atoms with Gasteiger partial charge in [0.05, 0.1) is 6.04 Å². The van der Waals surface area contributed by atoms with Crippen molar-refractivity contribution in [2.45, 2.75) is 56.7 Å². The van der Waals surface area contributed by atoms with Crippen LogP contribution < -0.4 is 20.7 Å². The van der Waals surface area contributed by atoms with Crippen molar-refractivity contribution in [3.8, 4) is 11.5 Å². The van der Waals surface area contributed by atoms with Crippen LogP contribution in [0.2, 0.25) is 0 Å². The van der Waals surface area contributed by atoms with Crippen molar-refractivity contribution in [1.82, 2.24) is 20.7 Å². The molecule has 2 aromatic carbocycles. The molecule has 15 nitrogen and oxygen atoms in total. The molecule has 2 heterocycles. The van der Waals surface area contributed by atoms with Crippen molar-refractivity contribution in [1.29, 1.82) is 0 Å². The molecule has 44 heavy (non-hydrogen) atoms. The number of anilines is 1. The first kappa shape index (κ1) is 31.4. The number of para-hydroxylation sites is 1. The van der Waals surface area contributed by atoms with Gasteiger partial charge in [-0.25, -0.2) is 9.80 Å². The summed E-state index contributed by atoms with van der Waals surface area (Å²) < 4.78 is 5.74. The smallest absolute Gasteiger partial charge is 0.325 e. The first-order valence-electron chi connectivity index (χ1n) is 13.9. The highest BCUT2D eigenvalue weighted by Gasteiger charge is 2.45. The maximum atomic E-state index is 13.7. The summed E-state index contributed by atoms with van der Waals surface area (Å²) in [5.41, 5.74) is 9.15. The molecule has 0 bridgehead atoms. The lowest BCUT2D eigenvalue weighted by molar-refractivity contribution is -0.176. The molecular weight excluding hydrogens is 574 g/mol. The summed E-state index contributed by atoms with van der Waals surface area (Å²) in [6.45, 7) is 0.170. The summed E-state index contributed by atoms with van der Waals surface area (Å²) in [7, 11) is 0. The number of carboxylic acid groups (broad SMARTS) is 1. The molecule has 3 atom stereocenters. The first-order chi connectivity index (χ1) is 21.2. The minimum atomic E-state index is -1.34. The second-order valence-corrected chi connectivity index (χ2v) is 10.1. The van der Waals surface area contributed by atoms with Gasteiger partial charge < -0.3 is 31.3 Å². The van der Waals surface area contributed by atoms with E-state index in [1.54, 1.807) is 36.4 Å². The van der Waals surface area contributed by atoms with Crippen molar-refractivity contribution < 1.29 is 43.4 Å². The fourth-order valence-electron chi connectivity index (χ4n) is 4.93. The fraction of sp³-hybridized carbons (Fsp3) is 0.345. The topological polar surface area (TPSA) is 211 Å². The maximum absolute atomic E-state index is 13.7. The Hall–Kier alpha value is -5.56. The molecule has 2 aromatic rings. The lowest BCUT2D eigenvalue weighted by atomic mass is 10.0.